The smallest absolute Gasteiger partial charge is 0.240 e. The van der Waals surface area contributed by atoms with Crippen LogP contribution in [-0.2, 0) is 27.9 Å². The van der Waals surface area contributed by atoms with Gasteiger partial charge in [0, 0.05) is 26.1 Å². The van der Waals surface area contributed by atoms with Gasteiger partial charge in [0.05, 0.1) is 12.0 Å². The van der Waals surface area contributed by atoms with Gasteiger partial charge in [-0.1, -0.05) is 24.3 Å². The quantitative estimate of drug-likeness (QED) is 0.807. The molecule has 0 aromatic heterocycles. The molecule has 1 aliphatic heterocycles. The first-order valence-electron chi connectivity index (χ1n) is 8.47. The number of methoxy groups -OCH3 is 1. The van der Waals surface area contributed by atoms with Gasteiger partial charge < -0.3 is 9.64 Å². The Hall–Kier alpha value is -2.38. The van der Waals surface area contributed by atoms with Crippen LogP contribution in [0.15, 0.2) is 53.4 Å². The molecular weight excluding hydrogens is 352 g/mol. The maximum Gasteiger partial charge on any atom is 0.240 e. The van der Waals surface area contributed by atoms with Crippen molar-refractivity contribution in [1.82, 2.24) is 9.62 Å². The first-order chi connectivity index (χ1) is 12.5. The Morgan fingerprint density at radius 2 is 1.69 bits per heavy atom. The van der Waals surface area contributed by atoms with Crippen molar-refractivity contribution in [2.45, 2.75) is 30.8 Å². The lowest BCUT2D eigenvalue weighted by Gasteiger charge is -2.15. The van der Waals surface area contributed by atoms with Gasteiger partial charge in [0.2, 0.25) is 15.9 Å². The van der Waals surface area contributed by atoms with Crippen molar-refractivity contribution in [1.29, 1.82) is 0 Å². The van der Waals surface area contributed by atoms with Gasteiger partial charge >= 0.3 is 0 Å². The molecule has 138 valence electrons. The fourth-order valence-corrected chi connectivity index (χ4v) is 3.89. The van der Waals surface area contributed by atoms with Crippen molar-refractivity contribution in [2.24, 2.45) is 0 Å². The number of carbonyl (C=O) groups excluding carboxylic acids is 1. The first kappa shape index (κ1) is 18.4. The summed E-state index contributed by atoms with van der Waals surface area (Å²) < 4.78 is 32.3. The molecule has 2 aromatic rings. The van der Waals surface area contributed by atoms with Gasteiger partial charge in [0.15, 0.2) is 0 Å². The van der Waals surface area contributed by atoms with Crippen molar-refractivity contribution >= 4 is 15.9 Å². The highest BCUT2D eigenvalue weighted by molar-refractivity contribution is 7.89. The van der Waals surface area contributed by atoms with Crippen LogP contribution in [0.25, 0.3) is 0 Å². The lowest BCUT2D eigenvalue weighted by Crippen LogP contribution is -2.24. The fraction of sp³-hybridized carbons (Fsp3) is 0.316. The number of rotatable bonds is 7. The summed E-state index contributed by atoms with van der Waals surface area (Å²) in [4.78, 5) is 13.7. The highest BCUT2D eigenvalue weighted by Gasteiger charge is 2.20. The predicted molar refractivity (Wildman–Crippen MR) is 98.1 cm³/mol. The largest absolute Gasteiger partial charge is 0.497 e. The van der Waals surface area contributed by atoms with E-state index in [1.807, 2.05) is 29.2 Å². The van der Waals surface area contributed by atoms with E-state index in [2.05, 4.69) is 4.72 Å². The van der Waals surface area contributed by atoms with Crippen LogP contribution in [-0.4, -0.2) is 32.9 Å². The number of benzene rings is 2. The predicted octanol–water partition coefficient (Wildman–Crippen LogP) is 2.30. The van der Waals surface area contributed by atoms with Crippen molar-refractivity contribution in [2.75, 3.05) is 13.7 Å². The Morgan fingerprint density at radius 1 is 1.04 bits per heavy atom. The summed E-state index contributed by atoms with van der Waals surface area (Å²) in [7, 11) is -2.05. The second-order valence-electron chi connectivity index (χ2n) is 6.24. The Labute approximate surface area is 153 Å². The molecule has 26 heavy (non-hydrogen) atoms. The van der Waals surface area contributed by atoms with Crippen LogP contribution in [0.4, 0.5) is 0 Å². The second kappa shape index (κ2) is 7.88. The van der Waals surface area contributed by atoms with E-state index in [-0.39, 0.29) is 17.3 Å². The summed E-state index contributed by atoms with van der Waals surface area (Å²) in [5.74, 6) is 0.803. The topological polar surface area (TPSA) is 75.7 Å². The van der Waals surface area contributed by atoms with E-state index in [9.17, 15) is 13.2 Å². The summed E-state index contributed by atoms with van der Waals surface area (Å²) in [6.45, 7) is 1.62. The summed E-state index contributed by atoms with van der Waals surface area (Å²) in [5.41, 5.74) is 1.90. The molecule has 1 aliphatic rings. The number of sulfonamides is 1. The normalized spacial score (nSPS) is 14.7. The molecule has 1 saturated heterocycles. The van der Waals surface area contributed by atoms with Crippen molar-refractivity contribution < 1.29 is 17.9 Å². The van der Waals surface area contributed by atoms with Gasteiger partial charge in [-0.15, -0.1) is 0 Å². The molecule has 0 bridgehead atoms. The van der Waals surface area contributed by atoms with Crippen molar-refractivity contribution in [3.63, 3.8) is 0 Å². The number of hydrogen-bond acceptors (Lipinski definition) is 4. The second-order valence-corrected chi connectivity index (χ2v) is 8.00. The zero-order valence-electron chi connectivity index (χ0n) is 14.6. The van der Waals surface area contributed by atoms with Gasteiger partial charge in [-0.3, -0.25) is 4.79 Å². The van der Waals surface area contributed by atoms with E-state index in [1.165, 1.54) is 19.2 Å². The van der Waals surface area contributed by atoms with Gasteiger partial charge in [-0.05, 0) is 41.8 Å². The lowest BCUT2D eigenvalue weighted by molar-refractivity contribution is -0.128. The number of likely N-dealkylation sites (tertiary alicyclic amines) is 1. The molecule has 0 unspecified atom stereocenters. The van der Waals surface area contributed by atoms with Crippen LogP contribution in [0.1, 0.15) is 24.0 Å². The minimum absolute atomic E-state index is 0.196. The van der Waals surface area contributed by atoms with E-state index in [4.69, 9.17) is 4.74 Å². The average Bonchev–Trinajstić information content (AvgIpc) is 3.06. The maximum atomic E-state index is 12.3. The SMILES string of the molecule is COc1ccc(S(=O)(=O)NCc2ccc(CN3CCCC3=O)cc2)cc1. The van der Waals surface area contributed by atoms with Gasteiger partial charge in [0.25, 0.3) is 0 Å². The molecule has 1 heterocycles. The van der Waals surface area contributed by atoms with E-state index < -0.39 is 10.0 Å². The van der Waals surface area contributed by atoms with Crippen molar-refractivity contribution in [3.8, 4) is 5.75 Å². The Morgan fingerprint density at radius 3 is 2.27 bits per heavy atom. The van der Waals surface area contributed by atoms with Crippen LogP contribution in [0, 0.1) is 0 Å². The molecule has 0 radical (unpaired) electrons. The third-order valence-electron chi connectivity index (χ3n) is 4.40. The lowest BCUT2D eigenvalue weighted by atomic mass is 10.1. The highest BCUT2D eigenvalue weighted by atomic mass is 32.2. The maximum absolute atomic E-state index is 12.3. The molecule has 0 atom stereocenters. The molecular formula is C19H22N2O4S. The first-order valence-corrected chi connectivity index (χ1v) is 9.95. The van der Waals surface area contributed by atoms with E-state index in [1.54, 1.807) is 12.1 Å². The summed E-state index contributed by atoms with van der Waals surface area (Å²) >= 11 is 0. The molecule has 1 fully saturated rings. The minimum Gasteiger partial charge on any atom is -0.497 e. The zero-order chi connectivity index (χ0) is 18.6. The number of carbonyl (C=O) groups is 1. The molecule has 7 heteroatoms. The number of amides is 1. The van der Waals surface area contributed by atoms with E-state index >= 15 is 0 Å². The number of ether oxygens (including phenoxy) is 1. The van der Waals surface area contributed by atoms with Crippen LogP contribution in [0.3, 0.4) is 0 Å². The van der Waals surface area contributed by atoms with Crippen LogP contribution in [0.2, 0.25) is 0 Å². The number of nitrogens with zero attached hydrogens (tertiary/aromatic N) is 1. The third-order valence-corrected chi connectivity index (χ3v) is 5.82. The standard InChI is InChI=1S/C19H22N2O4S/c1-25-17-8-10-18(11-9-17)26(23,24)20-13-15-4-6-16(7-5-15)14-21-12-2-3-19(21)22/h4-11,20H,2-3,12-14H2,1H3. The third kappa shape index (κ3) is 4.42. The Balaban J connectivity index is 1.59. The minimum atomic E-state index is -3.58. The van der Waals surface area contributed by atoms with E-state index in [0.717, 1.165) is 24.1 Å². The van der Waals surface area contributed by atoms with E-state index in [0.29, 0.717) is 18.7 Å². The van der Waals surface area contributed by atoms with Crippen LogP contribution in [0.5, 0.6) is 5.75 Å². The molecule has 6 nitrogen and oxygen atoms in total. The zero-order valence-corrected chi connectivity index (χ0v) is 15.5. The molecule has 0 spiro atoms. The average molecular weight is 374 g/mol. The Bertz CT molecular complexity index is 861. The molecule has 2 aromatic carbocycles. The molecule has 1 N–H and O–H groups in total. The van der Waals surface area contributed by atoms with Crippen LogP contribution >= 0.6 is 0 Å². The summed E-state index contributed by atoms with van der Waals surface area (Å²) in [6.07, 6.45) is 1.55. The van der Waals surface area contributed by atoms with Gasteiger partial charge in [-0.2, -0.15) is 0 Å². The van der Waals surface area contributed by atoms with Crippen molar-refractivity contribution in [3.05, 3.63) is 59.7 Å². The van der Waals surface area contributed by atoms with Crippen LogP contribution < -0.4 is 9.46 Å². The fourth-order valence-electron chi connectivity index (χ4n) is 2.87. The Kier molecular flexibility index (Phi) is 5.58. The summed E-state index contributed by atoms with van der Waals surface area (Å²) in [6, 6.07) is 13.9. The van der Waals surface area contributed by atoms with Gasteiger partial charge in [-0.25, -0.2) is 13.1 Å². The molecule has 3 rings (SSSR count). The molecule has 0 aliphatic carbocycles. The number of nitrogens with one attached hydrogen (secondary N) is 1. The summed E-state index contributed by atoms with van der Waals surface area (Å²) in [5, 5.41) is 0. The number of hydrogen-bond donors (Lipinski definition) is 1. The highest BCUT2D eigenvalue weighted by Crippen LogP contribution is 2.17. The van der Waals surface area contributed by atoms with Gasteiger partial charge in [0.1, 0.15) is 5.75 Å². The molecule has 0 saturated carbocycles. The molecule has 1 amide bonds. The monoisotopic (exact) mass is 374 g/mol.